The Labute approximate surface area is 122 Å². The average Bonchev–Trinajstić information content (AvgIpc) is 2.46. The number of carboxylic acid groups (broad SMARTS) is 1. The number of benzene rings is 1. The summed E-state index contributed by atoms with van der Waals surface area (Å²) in [6.45, 7) is 2.45. The van der Waals surface area contributed by atoms with E-state index in [4.69, 9.17) is 7.85 Å². The number of carbonyl (C=O) groups is 1. The number of nitrogens with zero attached hydrogens (tertiary/aromatic N) is 1. The molecule has 20 heavy (non-hydrogen) atoms. The van der Waals surface area contributed by atoms with E-state index < -0.39 is 11.4 Å². The van der Waals surface area contributed by atoms with E-state index in [1.165, 1.54) is 5.56 Å². The summed E-state index contributed by atoms with van der Waals surface area (Å²) in [6, 6.07) is 10.2. The molecule has 0 bridgehead atoms. The second-order valence-electron chi connectivity index (χ2n) is 5.78. The van der Waals surface area contributed by atoms with Crippen molar-refractivity contribution in [3.63, 3.8) is 0 Å². The maximum atomic E-state index is 11.7. The van der Waals surface area contributed by atoms with Crippen molar-refractivity contribution in [3.8, 4) is 0 Å². The van der Waals surface area contributed by atoms with Crippen LogP contribution >= 0.6 is 0 Å². The van der Waals surface area contributed by atoms with Gasteiger partial charge < -0.3 is 5.11 Å². The van der Waals surface area contributed by atoms with Crippen molar-refractivity contribution in [2.24, 2.45) is 5.41 Å². The Balaban J connectivity index is 2.04. The Hall–Kier alpha value is -1.29. The van der Waals surface area contributed by atoms with E-state index in [0.717, 1.165) is 32.4 Å². The molecular weight excluding hydrogens is 249 g/mol. The Morgan fingerprint density at radius 2 is 2.10 bits per heavy atom. The molecule has 106 valence electrons. The summed E-state index contributed by atoms with van der Waals surface area (Å²) in [5.41, 5.74) is 0.638. The molecular formula is C16H22BNO2. The lowest BCUT2D eigenvalue weighted by molar-refractivity contribution is -0.153. The minimum Gasteiger partial charge on any atom is -0.481 e. The van der Waals surface area contributed by atoms with Crippen molar-refractivity contribution in [3.05, 3.63) is 35.9 Å². The average molecular weight is 271 g/mol. The quantitative estimate of drug-likeness (QED) is 0.809. The minimum atomic E-state index is -0.663. The molecule has 3 nitrogen and oxygen atoms in total. The highest BCUT2D eigenvalue weighted by Crippen LogP contribution is 2.36. The Bertz CT molecular complexity index is 437. The highest BCUT2D eigenvalue weighted by Gasteiger charge is 2.41. The molecule has 1 atom stereocenters. The minimum absolute atomic E-state index is 0.563. The fraction of sp³-hybridized carbons (Fsp3) is 0.562. The SMILES string of the molecule is [B]CCCC1(C(=O)O)CCCN(Cc2ccccc2)C1. The summed E-state index contributed by atoms with van der Waals surface area (Å²) in [7, 11) is 5.56. The zero-order chi connectivity index (χ0) is 14.4. The first-order valence-electron chi connectivity index (χ1n) is 7.36. The second kappa shape index (κ2) is 6.93. The first-order chi connectivity index (χ1) is 9.66. The summed E-state index contributed by atoms with van der Waals surface area (Å²) in [4.78, 5) is 14.0. The lowest BCUT2D eigenvalue weighted by atomic mass is 9.75. The molecule has 1 aliphatic rings. The molecule has 1 aromatic carbocycles. The third-order valence-corrected chi connectivity index (χ3v) is 4.22. The van der Waals surface area contributed by atoms with Crippen molar-refractivity contribution in [2.75, 3.05) is 13.1 Å². The predicted molar refractivity (Wildman–Crippen MR) is 80.8 cm³/mol. The van der Waals surface area contributed by atoms with E-state index in [1.807, 2.05) is 18.2 Å². The molecule has 1 saturated heterocycles. The molecule has 0 aliphatic carbocycles. The first kappa shape index (κ1) is 15.1. The molecule has 2 rings (SSSR count). The van der Waals surface area contributed by atoms with Gasteiger partial charge in [0.25, 0.3) is 0 Å². The van der Waals surface area contributed by atoms with Gasteiger partial charge in [0.05, 0.1) is 13.3 Å². The fourth-order valence-electron chi connectivity index (χ4n) is 3.13. The van der Waals surface area contributed by atoms with E-state index in [9.17, 15) is 9.90 Å². The van der Waals surface area contributed by atoms with Gasteiger partial charge in [-0.3, -0.25) is 9.69 Å². The van der Waals surface area contributed by atoms with Crippen LogP contribution in [0.4, 0.5) is 0 Å². The molecule has 0 amide bonds. The third-order valence-electron chi connectivity index (χ3n) is 4.22. The van der Waals surface area contributed by atoms with Gasteiger partial charge >= 0.3 is 5.97 Å². The Morgan fingerprint density at radius 3 is 2.75 bits per heavy atom. The number of hydrogen-bond donors (Lipinski definition) is 1. The molecule has 1 heterocycles. The molecule has 2 radical (unpaired) electrons. The maximum absolute atomic E-state index is 11.7. The molecule has 0 saturated carbocycles. The van der Waals surface area contributed by atoms with E-state index in [0.29, 0.717) is 19.3 Å². The van der Waals surface area contributed by atoms with Crippen LogP contribution in [0.25, 0.3) is 0 Å². The standard InChI is InChI=1S/C16H22BNO2/c17-10-4-8-16(15(19)20)9-5-11-18(13-16)12-14-6-2-1-3-7-14/h1-3,6-7H,4-5,8-13H2,(H,19,20). The van der Waals surface area contributed by atoms with Crippen LogP contribution in [-0.2, 0) is 11.3 Å². The third kappa shape index (κ3) is 3.63. The summed E-state index contributed by atoms with van der Waals surface area (Å²) in [5, 5.41) is 9.63. The summed E-state index contributed by atoms with van der Waals surface area (Å²) >= 11 is 0. The molecule has 1 N–H and O–H groups in total. The molecule has 0 aromatic heterocycles. The van der Waals surface area contributed by atoms with Crippen molar-refractivity contribution in [1.82, 2.24) is 4.90 Å². The van der Waals surface area contributed by atoms with Crippen molar-refractivity contribution < 1.29 is 9.90 Å². The number of carboxylic acids is 1. The van der Waals surface area contributed by atoms with Crippen LogP contribution in [0.1, 0.15) is 31.2 Å². The van der Waals surface area contributed by atoms with Gasteiger partial charge in [0.15, 0.2) is 0 Å². The van der Waals surface area contributed by atoms with Crippen LogP contribution in [0, 0.1) is 5.41 Å². The fourth-order valence-corrected chi connectivity index (χ4v) is 3.13. The van der Waals surface area contributed by atoms with Crippen LogP contribution in [-0.4, -0.2) is 36.9 Å². The summed E-state index contributed by atoms with van der Waals surface area (Å²) in [5.74, 6) is -0.663. The topological polar surface area (TPSA) is 40.5 Å². The highest BCUT2D eigenvalue weighted by atomic mass is 16.4. The molecule has 1 aliphatic heterocycles. The van der Waals surface area contributed by atoms with Crippen LogP contribution in [0.15, 0.2) is 30.3 Å². The molecule has 1 fully saturated rings. The summed E-state index contributed by atoms with van der Waals surface area (Å²) in [6.07, 6.45) is 3.75. The molecule has 0 spiro atoms. The van der Waals surface area contributed by atoms with Crippen molar-refractivity contribution in [1.29, 1.82) is 0 Å². The molecule has 1 unspecified atom stereocenters. The maximum Gasteiger partial charge on any atom is 0.310 e. The monoisotopic (exact) mass is 271 g/mol. The normalized spacial score (nSPS) is 23.6. The first-order valence-corrected chi connectivity index (χ1v) is 7.36. The van der Waals surface area contributed by atoms with E-state index in [2.05, 4.69) is 17.0 Å². The lowest BCUT2D eigenvalue weighted by Crippen LogP contribution is -2.47. The van der Waals surface area contributed by atoms with Crippen molar-refractivity contribution in [2.45, 2.75) is 38.5 Å². The zero-order valence-corrected chi connectivity index (χ0v) is 11.9. The number of hydrogen-bond acceptors (Lipinski definition) is 2. The van der Waals surface area contributed by atoms with Crippen LogP contribution in [0.3, 0.4) is 0 Å². The number of aliphatic carboxylic acids is 1. The number of likely N-dealkylation sites (tertiary alicyclic amines) is 1. The zero-order valence-electron chi connectivity index (χ0n) is 11.9. The lowest BCUT2D eigenvalue weighted by Gasteiger charge is -2.40. The Morgan fingerprint density at radius 1 is 1.35 bits per heavy atom. The second-order valence-corrected chi connectivity index (χ2v) is 5.78. The van der Waals surface area contributed by atoms with Gasteiger partial charge in [-0.2, -0.15) is 0 Å². The van der Waals surface area contributed by atoms with E-state index in [1.54, 1.807) is 0 Å². The highest BCUT2D eigenvalue weighted by molar-refractivity contribution is 6.08. The number of rotatable bonds is 6. The van der Waals surface area contributed by atoms with Crippen LogP contribution in [0.2, 0.25) is 6.32 Å². The van der Waals surface area contributed by atoms with Gasteiger partial charge in [-0.05, 0) is 31.4 Å². The van der Waals surface area contributed by atoms with Crippen LogP contribution in [0.5, 0.6) is 0 Å². The van der Waals surface area contributed by atoms with Crippen LogP contribution < -0.4 is 0 Å². The van der Waals surface area contributed by atoms with Gasteiger partial charge in [-0.25, -0.2) is 0 Å². The number of piperidine rings is 1. The van der Waals surface area contributed by atoms with Gasteiger partial charge in [0.2, 0.25) is 0 Å². The van der Waals surface area contributed by atoms with Gasteiger partial charge in [-0.1, -0.05) is 43.1 Å². The largest absolute Gasteiger partial charge is 0.481 e. The van der Waals surface area contributed by atoms with Gasteiger partial charge in [0.1, 0.15) is 0 Å². The smallest absolute Gasteiger partial charge is 0.310 e. The Kier molecular flexibility index (Phi) is 5.24. The van der Waals surface area contributed by atoms with Crippen molar-refractivity contribution >= 4 is 13.8 Å². The molecule has 1 aromatic rings. The predicted octanol–water partition coefficient (Wildman–Crippen LogP) is 2.72. The molecule has 4 heteroatoms. The van der Waals surface area contributed by atoms with E-state index >= 15 is 0 Å². The van der Waals surface area contributed by atoms with E-state index in [-0.39, 0.29) is 0 Å². The summed E-state index contributed by atoms with van der Waals surface area (Å²) < 4.78 is 0. The van der Waals surface area contributed by atoms with Gasteiger partial charge in [-0.15, -0.1) is 0 Å². The van der Waals surface area contributed by atoms with Gasteiger partial charge in [0, 0.05) is 13.1 Å².